The molecule has 1 heterocycles. The smallest absolute Gasteiger partial charge is 0.334 e. The van der Waals surface area contributed by atoms with Gasteiger partial charge in [0.25, 0.3) is 0 Å². The van der Waals surface area contributed by atoms with Gasteiger partial charge in [0.1, 0.15) is 0 Å². The van der Waals surface area contributed by atoms with Crippen LogP contribution in [0.3, 0.4) is 0 Å². The molecule has 3 aliphatic rings. The van der Waals surface area contributed by atoms with Crippen LogP contribution < -0.4 is 9.47 Å². The standard InChI is InChI=1S/C24H28O6S2/c1-3-27-22(25)16-7-5-9-20(16)31-24(15-11-12-18-19(13-15)30-14-29-18)32-21-10-6-8-17(21)23(26)28-4-2/h11-13,24H,3-10,14H2,1-2H3. The van der Waals surface area contributed by atoms with Crippen LogP contribution in [0.4, 0.5) is 0 Å². The van der Waals surface area contributed by atoms with Gasteiger partial charge < -0.3 is 18.9 Å². The van der Waals surface area contributed by atoms with E-state index in [2.05, 4.69) is 0 Å². The van der Waals surface area contributed by atoms with Crippen molar-refractivity contribution in [3.63, 3.8) is 0 Å². The van der Waals surface area contributed by atoms with Crippen molar-refractivity contribution >= 4 is 35.5 Å². The first kappa shape index (κ1) is 23.1. The van der Waals surface area contributed by atoms with Crippen molar-refractivity contribution in [2.24, 2.45) is 0 Å². The Kier molecular flexibility index (Phi) is 7.73. The molecule has 32 heavy (non-hydrogen) atoms. The zero-order valence-electron chi connectivity index (χ0n) is 18.4. The third-order valence-electron chi connectivity index (χ3n) is 5.55. The predicted octanol–water partition coefficient (Wildman–Crippen LogP) is 5.88. The number of esters is 2. The van der Waals surface area contributed by atoms with E-state index in [4.69, 9.17) is 18.9 Å². The van der Waals surface area contributed by atoms with Gasteiger partial charge in [0, 0.05) is 11.1 Å². The van der Waals surface area contributed by atoms with Crippen LogP contribution in [0.1, 0.15) is 62.5 Å². The molecule has 0 amide bonds. The fraction of sp³-hybridized carbons (Fsp3) is 0.500. The van der Waals surface area contributed by atoms with E-state index in [1.165, 1.54) is 0 Å². The molecule has 0 unspecified atom stereocenters. The Morgan fingerprint density at radius 2 is 1.44 bits per heavy atom. The van der Waals surface area contributed by atoms with Gasteiger partial charge in [-0.1, -0.05) is 6.07 Å². The van der Waals surface area contributed by atoms with Gasteiger partial charge in [-0.2, -0.15) is 0 Å². The molecule has 8 heteroatoms. The highest BCUT2D eigenvalue weighted by Crippen LogP contribution is 2.54. The van der Waals surface area contributed by atoms with Crippen LogP contribution in [-0.4, -0.2) is 31.9 Å². The number of allylic oxidation sites excluding steroid dienone is 2. The van der Waals surface area contributed by atoms with Crippen molar-refractivity contribution in [2.45, 2.75) is 57.0 Å². The average Bonchev–Trinajstić information content (AvgIpc) is 3.53. The van der Waals surface area contributed by atoms with E-state index in [0.717, 1.165) is 76.5 Å². The van der Waals surface area contributed by atoms with Gasteiger partial charge in [0.2, 0.25) is 6.79 Å². The van der Waals surface area contributed by atoms with Gasteiger partial charge in [-0.3, -0.25) is 0 Å². The molecule has 1 aliphatic heterocycles. The number of carbonyl (C=O) groups excluding carboxylic acids is 2. The SMILES string of the molecule is CCOC(=O)C1=C(SC(SC2=C(C(=O)OCC)CCC2)c2ccc3c(c2)OCO3)CCC1. The van der Waals surface area contributed by atoms with E-state index in [1.807, 2.05) is 32.0 Å². The fourth-order valence-corrected chi connectivity index (χ4v) is 7.19. The Morgan fingerprint density at radius 1 is 0.875 bits per heavy atom. The summed E-state index contributed by atoms with van der Waals surface area (Å²) in [6.45, 7) is 4.62. The molecule has 0 saturated heterocycles. The second-order valence-corrected chi connectivity index (χ2v) is 10.3. The predicted molar refractivity (Wildman–Crippen MR) is 126 cm³/mol. The van der Waals surface area contributed by atoms with E-state index >= 15 is 0 Å². The summed E-state index contributed by atoms with van der Waals surface area (Å²) in [5.74, 6) is 1.04. The van der Waals surface area contributed by atoms with E-state index in [0.29, 0.717) is 13.2 Å². The second-order valence-electron chi connectivity index (χ2n) is 7.63. The summed E-state index contributed by atoms with van der Waals surface area (Å²) in [6, 6.07) is 5.97. The summed E-state index contributed by atoms with van der Waals surface area (Å²) in [6.07, 6.45) is 5.12. The molecule has 0 radical (unpaired) electrons. The van der Waals surface area contributed by atoms with Crippen molar-refractivity contribution in [2.75, 3.05) is 20.0 Å². The van der Waals surface area contributed by atoms with Crippen LogP contribution in [0, 0.1) is 0 Å². The van der Waals surface area contributed by atoms with Gasteiger partial charge in [-0.15, -0.1) is 23.5 Å². The fourth-order valence-electron chi connectivity index (χ4n) is 4.04. The summed E-state index contributed by atoms with van der Waals surface area (Å²) < 4.78 is 21.6. The Balaban J connectivity index is 1.64. The van der Waals surface area contributed by atoms with Gasteiger partial charge in [0.05, 0.1) is 17.8 Å². The van der Waals surface area contributed by atoms with Gasteiger partial charge in [-0.05, 0) is 79.9 Å². The average molecular weight is 477 g/mol. The van der Waals surface area contributed by atoms with Crippen LogP contribution in [0.2, 0.25) is 0 Å². The number of hydrogen-bond acceptors (Lipinski definition) is 8. The van der Waals surface area contributed by atoms with E-state index in [1.54, 1.807) is 23.5 Å². The van der Waals surface area contributed by atoms with E-state index in [-0.39, 0.29) is 23.3 Å². The zero-order valence-corrected chi connectivity index (χ0v) is 20.1. The minimum atomic E-state index is -0.214. The Labute approximate surface area is 197 Å². The molecule has 1 aromatic rings. The largest absolute Gasteiger partial charge is 0.463 e. The number of benzene rings is 1. The number of thioether (sulfide) groups is 2. The molecule has 172 valence electrons. The maximum Gasteiger partial charge on any atom is 0.334 e. The zero-order chi connectivity index (χ0) is 22.5. The summed E-state index contributed by atoms with van der Waals surface area (Å²) in [7, 11) is 0. The second kappa shape index (κ2) is 10.7. The van der Waals surface area contributed by atoms with Crippen molar-refractivity contribution in [3.8, 4) is 11.5 Å². The van der Waals surface area contributed by atoms with Crippen LogP contribution in [-0.2, 0) is 19.1 Å². The first-order valence-electron chi connectivity index (χ1n) is 11.1. The molecule has 0 atom stereocenters. The summed E-state index contributed by atoms with van der Waals surface area (Å²) in [5, 5.41) is 0. The highest BCUT2D eigenvalue weighted by molar-refractivity contribution is 8.19. The Hall–Kier alpha value is -2.06. The van der Waals surface area contributed by atoms with Crippen LogP contribution in [0.25, 0.3) is 0 Å². The van der Waals surface area contributed by atoms with Gasteiger partial charge in [0.15, 0.2) is 11.5 Å². The first-order valence-corrected chi connectivity index (χ1v) is 12.9. The quantitative estimate of drug-likeness (QED) is 0.323. The van der Waals surface area contributed by atoms with Gasteiger partial charge in [-0.25, -0.2) is 9.59 Å². The van der Waals surface area contributed by atoms with Crippen LogP contribution in [0.15, 0.2) is 39.2 Å². The highest BCUT2D eigenvalue weighted by Gasteiger charge is 2.30. The van der Waals surface area contributed by atoms with E-state index < -0.39 is 0 Å². The number of carbonyl (C=O) groups is 2. The maximum absolute atomic E-state index is 12.5. The molecule has 0 saturated carbocycles. The first-order chi connectivity index (χ1) is 15.6. The lowest BCUT2D eigenvalue weighted by Crippen LogP contribution is -2.08. The minimum absolute atomic E-state index is 0.0282. The molecule has 0 bridgehead atoms. The van der Waals surface area contributed by atoms with Crippen molar-refractivity contribution in [1.29, 1.82) is 0 Å². The molecule has 0 spiro atoms. The van der Waals surface area contributed by atoms with Gasteiger partial charge >= 0.3 is 11.9 Å². The highest BCUT2D eigenvalue weighted by atomic mass is 32.2. The van der Waals surface area contributed by atoms with Crippen LogP contribution >= 0.6 is 23.5 Å². The molecule has 2 aliphatic carbocycles. The summed E-state index contributed by atoms with van der Waals surface area (Å²) in [5.41, 5.74) is 2.64. The maximum atomic E-state index is 12.5. The molecular weight excluding hydrogens is 448 g/mol. The van der Waals surface area contributed by atoms with Crippen molar-refractivity contribution < 1.29 is 28.5 Å². The van der Waals surface area contributed by atoms with Crippen molar-refractivity contribution in [3.05, 3.63) is 44.7 Å². The van der Waals surface area contributed by atoms with Crippen molar-refractivity contribution in [1.82, 2.24) is 0 Å². The third-order valence-corrected chi connectivity index (χ3v) is 8.57. The van der Waals surface area contributed by atoms with E-state index in [9.17, 15) is 9.59 Å². The number of rotatable bonds is 9. The number of ether oxygens (including phenoxy) is 4. The lowest BCUT2D eigenvalue weighted by atomic mass is 10.2. The molecule has 0 aromatic heterocycles. The number of fused-ring (bicyclic) bond motifs is 1. The normalized spacial score (nSPS) is 17.5. The Morgan fingerprint density at radius 3 is 2.00 bits per heavy atom. The molecule has 4 rings (SSSR count). The lowest BCUT2D eigenvalue weighted by Gasteiger charge is -2.20. The summed E-state index contributed by atoms with van der Waals surface area (Å²) >= 11 is 3.37. The minimum Gasteiger partial charge on any atom is -0.463 e. The molecule has 6 nitrogen and oxygen atoms in total. The summed E-state index contributed by atoms with van der Waals surface area (Å²) in [4.78, 5) is 27.1. The van der Waals surface area contributed by atoms with Crippen LogP contribution in [0.5, 0.6) is 11.5 Å². The third kappa shape index (κ3) is 5.12. The lowest BCUT2D eigenvalue weighted by molar-refractivity contribution is -0.139. The topological polar surface area (TPSA) is 71.1 Å². The number of hydrogen-bond donors (Lipinski definition) is 0. The Bertz CT molecular complexity index is 904. The molecule has 0 fully saturated rings. The molecular formula is C24H28O6S2. The molecule has 0 N–H and O–H groups in total. The monoisotopic (exact) mass is 476 g/mol. The molecule has 1 aromatic carbocycles.